The first-order valence-corrected chi connectivity index (χ1v) is 5.82. The maximum absolute atomic E-state index is 11.1. The molecule has 5 heteroatoms. The van der Waals surface area contributed by atoms with Gasteiger partial charge in [-0.05, 0) is 20.3 Å². The van der Waals surface area contributed by atoms with Gasteiger partial charge in [0.05, 0.1) is 6.10 Å². The van der Waals surface area contributed by atoms with Crippen LogP contribution >= 0.6 is 7.60 Å². The van der Waals surface area contributed by atoms with Crippen molar-refractivity contribution in [2.75, 3.05) is 13.0 Å². The standard InChI is InChI=1S/C7H17O4P/c1-4-5-10-6-12(8,9)11-7(2)3/h7H,4-6H2,1-3H3,(H,8,9). The highest BCUT2D eigenvalue weighted by molar-refractivity contribution is 7.52. The number of ether oxygens (including phenoxy) is 1. The quantitative estimate of drug-likeness (QED) is 0.521. The maximum atomic E-state index is 11.1. The van der Waals surface area contributed by atoms with Gasteiger partial charge in [-0.25, -0.2) is 0 Å². The first-order valence-electron chi connectivity index (χ1n) is 4.06. The molecule has 0 aliphatic carbocycles. The fraction of sp³-hybridized carbons (Fsp3) is 1.00. The van der Waals surface area contributed by atoms with Crippen molar-refractivity contribution in [2.45, 2.75) is 33.3 Å². The van der Waals surface area contributed by atoms with Crippen molar-refractivity contribution in [2.24, 2.45) is 0 Å². The molecule has 0 fully saturated rings. The van der Waals surface area contributed by atoms with Crippen LogP contribution in [0.25, 0.3) is 0 Å². The summed E-state index contributed by atoms with van der Waals surface area (Å²) in [6.45, 7) is 5.85. The van der Waals surface area contributed by atoms with Crippen LogP contribution in [-0.2, 0) is 13.8 Å². The highest BCUT2D eigenvalue weighted by Gasteiger charge is 2.20. The van der Waals surface area contributed by atoms with Crippen molar-refractivity contribution in [1.82, 2.24) is 0 Å². The molecule has 1 unspecified atom stereocenters. The van der Waals surface area contributed by atoms with E-state index < -0.39 is 7.60 Å². The smallest absolute Gasteiger partial charge is 0.353 e. The summed E-state index contributed by atoms with van der Waals surface area (Å²) in [6.07, 6.45) is 0.381. The second-order valence-corrected chi connectivity index (χ2v) is 4.57. The average molecular weight is 196 g/mol. The molecule has 0 radical (unpaired) electrons. The van der Waals surface area contributed by atoms with E-state index in [4.69, 9.17) is 14.2 Å². The summed E-state index contributed by atoms with van der Waals surface area (Å²) in [4.78, 5) is 9.12. The average Bonchev–Trinajstić information content (AvgIpc) is 1.84. The molecule has 0 aromatic rings. The third-order valence-electron chi connectivity index (χ3n) is 0.978. The van der Waals surface area contributed by atoms with Crippen LogP contribution in [0.3, 0.4) is 0 Å². The van der Waals surface area contributed by atoms with Gasteiger partial charge in [0, 0.05) is 6.61 Å². The van der Waals surface area contributed by atoms with E-state index in [9.17, 15) is 4.57 Å². The minimum atomic E-state index is -3.50. The molecule has 0 aliphatic rings. The van der Waals surface area contributed by atoms with Gasteiger partial charge in [-0.2, -0.15) is 0 Å². The zero-order chi connectivity index (χ0) is 9.61. The van der Waals surface area contributed by atoms with Gasteiger partial charge in [0.2, 0.25) is 0 Å². The van der Waals surface area contributed by atoms with Crippen molar-refractivity contribution >= 4 is 7.60 Å². The Labute approximate surface area is 73.4 Å². The Balaban J connectivity index is 3.64. The van der Waals surface area contributed by atoms with E-state index in [-0.39, 0.29) is 12.5 Å². The summed E-state index contributed by atoms with van der Waals surface area (Å²) in [5.41, 5.74) is 0. The van der Waals surface area contributed by atoms with Crippen molar-refractivity contribution < 1.29 is 18.7 Å². The summed E-state index contributed by atoms with van der Waals surface area (Å²) < 4.78 is 20.8. The predicted molar refractivity (Wildman–Crippen MR) is 47.2 cm³/mol. The molecule has 0 amide bonds. The van der Waals surface area contributed by atoms with Crippen LogP contribution in [-0.4, -0.2) is 24.0 Å². The van der Waals surface area contributed by atoms with Gasteiger partial charge in [0.1, 0.15) is 6.35 Å². The molecule has 0 saturated heterocycles. The molecule has 74 valence electrons. The van der Waals surface area contributed by atoms with Gasteiger partial charge in [-0.3, -0.25) is 4.57 Å². The van der Waals surface area contributed by atoms with Crippen LogP contribution in [0.1, 0.15) is 27.2 Å². The molecule has 0 heterocycles. The van der Waals surface area contributed by atoms with E-state index in [0.717, 1.165) is 6.42 Å². The van der Waals surface area contributed by atoms with Crippen molar-refractivity contribution in [3.63, 3.8) is 0 Å². The molecule has 0 bridgehead atoms. The lowest BCUT2D eigenvalue weighted by atomic mass is 10.5. The molecule has 0 aromatic carbocycles. The Hall–Kier alpha value is 0.110. The zero-order valence-electron chi connectivity index (χ0n) is 7.82. The molecule has 0 aromatic heterocycles. The lowest BCUT2D eigenvalue weighted by molar-refractivity contribution is 0.132. The Bertz CT molecular complexity index is 157. The Morgan fingerprint density at radius 3 is 2.50 bits per heavy atom. The SMILES string of the molecule is CCCOCP(=O)(O)OC(C)C. The third-order valence-corrected chi connectivity index (χ3v) is 2.24. The van der Waals surface area contributed by atoms with E-state index in [0.29, 0.717) is 6.61 Å². The van der Waals surface area contributed by atoms with Gasteiger partial charge < -0.3 is 14.2 Å². The van der Waals surface area contributed by atoms with E-state index in [1.807, 2.05) is 6.92 Å². The summed E-state index contributed by atoms with van der Waals surface area (Å²) in [6, 6.07) is 0. The topological polar surface area (TPSA) is 55.8 Å². The lowest BCUT2D eigenvalue weighted by Gasteiger charge is -2.14. The van der Waals surface area contributed by atoms with Gasteiger partial charge in [0.25, 0.3) is 0 Å². The predicted octanol–water partition coefficient (Wildman–Crippen LogP) is 1.98. The van der Waals surface area contributed by atoms with Gasteiger partial charge in [0.15, 0.2) is 0 Å². The van der Waals surface area contributed by atoms with Crippen LogP contribution in [0, 0.1) is 0 Å². The van der Waals surface area contributed by atoms with Crippen LogP contribution in [0.15, 0.2) is 0 Å². The first-order chi connectivity index (χ1) is 5.48. The van der Waals surface area contributed by atoms with Gasteiger partial charge in [-0.15, -0.1) is 0 Å². The lowest BCUT2D eigenvalue weighted by Crippen LogP contribution is -2.05. The second kappa shape index (κ2) is 5.70. The molecule has 0 aliphatic heterocycles. The molecule has 4 nitrogen and oxygen atoms in total. The summed E-state index contributed by atoms with van der Waals surface area (Å²) in [5, 5.41) is 0. The van der Waals surface area contributed by atoms with E-state index in [1.54, 1.807) is 13.8 Å². The fourth-order valence-corrected chi connectivity index (χ4v) is 1.76. The molecular weight excluding hydrogens is 179 g/mol. The molecule has 0 spiro atoms. The van der Waals surface area contributed by atoms with Crippen LogP contribution < -0.4 is 0 Å². The van der Waals surface area contributed by atoms with Crippen molar-refractivity contribution in [3.8, 4) is 0 Å². The second-order valence-electron chi connectivity index (χ2n) is 2.83. The van der Waals surface area contributed by atoms with E-state index in [2.05, 4.69) is 0 Å². The summed E-state index contributed by atoms with van der Waals surface area (Å²) in [5.74, 6) is 0. The van der Waals surface area contributed by atoms with Gasteiger partial charge in [-0.1, -0.05) is 6.92 Å². The first kappa shape index (κ1) is 12.1. The molecule has 0 saturated carbocycles. The normalized spacial score (nSPS) is 16.4. The zero-order valence-corrected chi connectivity index (χ0v) is 8.71. The van der Waals surface area contributed by atoms with E-state index in [1.165, 1.54) is 0 Å². The fourth-order valence-electron chi connectivity index (χ4n) is 0.684. The number of rotatable bonds is 6. The Kier molecular flexibility index (Phi) is 5.76. The molecule has 0 rings (SSSR count). The highest BCUT2D eigenvalue weighted by atomic mass is 31.2. The monoisotopic (exact) mass is 196 g/mol. The maximum Gasteiger partial charge on any atom is 0.353 e. The summed E-state index contributed by atoms with van der Waals surface area (Å²) >= 11 is 0. The van der Waals surface area contributed by atoms with Gasteiger partial charge >= 0.3 is 7.60 Å². The molecular formula is C7H17O4P. The minimum Gasteiger partial charge on any atom is -0.369 e. The largest absolute Gasteiger partial charge is 0.369 e. The third kappa shape index (κ3) is 6.80. The number of hydrogen-bond acceptors (Lipinski definition) is 3. The summed E-state index contributed by atoms with van der Waals surface area (Å²) in [7, 11) is -3.50. The molecule has 12 heavy (non-hydrogen) atoms. The van der Waals surface area contributed by atoms with Crippen LogP contribution in [0.5, 0.6) is 0 Å². The van der Waals surface area contributed by atoms with Crippen molar-refractivity contribution in [1.29, 1.82) is 0 Å². The number of hydrogen-bond donors (Lipinski definition) is 1. The Morgan fingerprint density at radius 1 is 1.50 bits per heavy atom. The van der Waals surface area contributed by atoms with Crippen LogP contribution in [0.2, 0.25) is 0 Å². The Morgan fingerprint density at radius 2 is 2.08 bits per heavy atom. The minimum absolute atomic E-state index is 0.209. The molecule has 1 atom stereocenters. The van der Waals surface area contributed by atoms with Crippen LogP contribution in [0.4, 0.5) is 0 Å². The van der Waals surface area contributed by atoms with Crippen molar-refractivity contribution in [3.05, 3.63) is 0 Å². The molecule has 1 N–H and O–H groups in total. The highest BCUT2D eigenvalue weighted by Crippen LogP contribution is 2.42. The van der Waals surface area contributed by atoms with E-state index >= 15 is 0 Å².